The second-order valence-corrected chi connectivity index (χ2v) is 7.48. The lowest BCUT2D eigenvalue weighted by molar-refractivity contribution is 0.135. The Morgan fingerprint density at radius 3 is 2.73 bits per heavy atom. The van der Waals surface area contributed by atoms with Gasteiger partial charge in [0.15, 0.2) is 0 Å². The standard InChI is InChI=1S/C20H26N4O2/c25-20-10-19(18-2-1-6-21-11-18)22-15-24(20)13-16-3-7-23(8-4-16)12-17-5-9-26-14-17/h1-2,6,10-11,15-17H,3-5,7-9,12-14H2. The summed E-state index contributed by atoms with van der Waals surface area (Å²) < 4.78 is 7.23. The minimum Gasteiger partial charge on any atom is -0.381 e. The molecule has 2 aromatic heterocycles. The van der Waals surface area contributed by atoms with Crippen LogP contribution in [0, 0.1) is 11.8 Å². The number of aromatic nitrogens is 3. The van der Waals surface area contributed by atoms with Gasteiger partial charge in [-0.25, -0.2) is 4.98 Å². The predicted molar refractivity (Wildman–Crippen MR) is 99.8 cm³/mol. The molecule has 2 saturated heterocycles. The van der Waals surface area contributed by atoms with Gasteiger partial charge >= 0.3 is 0 Å². The average molecular weight is 354 g/mol. The summed E-state index contributed by atoms with van der Waals surface area (Å²) in [5, 5.41) is 0. The molecule has 6 heteroatoms. The average Bonchev–Trinajstić information content (AvgIpc) is 3.19. The van der Waals surface area contributed by atoms with Crippen LogP contribution in [0.2, 0.25) is 0 Å². The molecule has 0 aromatic carbocycles. The normalized spacial score (nSPS) is 21.9. The van der Waals surface area contributed by atoms with Gasteiger partial charge in [0.25, 0.3) is 5.56 Å². The Hall–Kier alpha value is -2.05. The zero-order valence-electron chi connectivity index (χ0n) is 15.1. The molecule has 2 aliphatic rings. The highest BCUT2D eigenvalue weighted by Gasteiger charge is 2.24. The van der Waals surface area contributed by atoms with Crippen molar-refractivity contribution < 1.29 is 4.74 Å². The molecule has 2 aromatic rings. The van der Waals surface area contributed by atoms with E-state index < -0.39 is 0 Å². The Labute approximate surface area is 153 Å². The molecule has 26 heavy (non-hydrogen) atoms. The minimum atomic E-state index is 0.0180. The number of pyridine rings is 1. The largest absolute Gasteiger partial charge is 0.381 e. The van der Waals surface area contributed by atoms with Crippen LogP contribution in [0.4, 0.5) is 0 Å². The van der Waals surface area contributed by atoms with Gasteiger partial charge in [0.2, 0.25) is 0 Å². The maximum atomic E-state index is 12.5. The number of piperidine rings is 1. The van der Waals surface area contributed by atoms with Gasteiger partial charge in [-0.15, -0.1) is 0 Å². The van der Waals surface area contributed by atoms with Crippen molar-refractivity contribution in [2.24, 2.45) is 11.8 Å². The van der Waals surface area contributed by atoms with Crippen molar-refractivity contribution in [3.05, 3.63) is 47.3 Å². The smallest absolute Gasteiger partial charge is 0.253 e. The third-order valence-electron chi connectivity index (χ3n) is 5.54. The number of hydrogen-bond acceptors (Lipinski definition) is 5. The molecule has 4 rings (SSSR count). The summed E-state index contributed by atoms with van der Waals surface area (Å²) in [7, 11) is 0. The number of rotatable bonds is 5. The van der Waals surface area contributed by atoms with E-state index in [1.54, 1.807) is 29.4 Å². The molecule has 0 radical (unpaired) electrons. The van der Waals surface area contributed by atoms with Crippen LogP contribution < -0.4 is 5.56 Å². The highest BCUT2D eigenvalue weighted by atomic mass is 16.5. The van der Waals surface area contributed by atoms with E-state index in [1.807, 2.05) is 12.1 Å². The molecule has 138 valence electrons. The van der Waals surface area contributed by atoms with Crippen LogP contribution in [-0.2, 0) is 11.3 Å². The molecule has 2 aliphatic heterocycles. The van der Waals surface area contributed by atoms with Crippen molar-refractivity contribution in [1.29, 1.82) is 0 Å². The Balaban J connectivity index is 1.32. The minimum absolute atomic E-state index is 0.0180. The van der Waals surface area contributed by atoms with Crippen molar-refractivity contribution >= 4 is 0 Å². The van der Waals surface area contributed by atoms with Gasteiger partial charge in [-0.1, -0.05) is 0 Å². The second-order valence-electron chi connectivity index (χ2n) is 7.48. The summed E-state index contributed by atoms with van der Waals surface area (Å²) in [6.07, 6.45) is 8.62. The quantitative estimate of drug-likeness (QED) is 0.822. The Morgan fingerprint density at radius 2 is 2.04 bits per heavy atom. The van der Waals surface area contributed by atoms with E-state index in [0.29, 0.717) is 17.5 Å². The molecule has 0 saturated carbocycles. The van der Waals surface area contributed by atoms with E-state index in [2.05, 4.69) is 14.9 Å². The van der Waals surface area contributed by atoms with Crippen molar-refractivity contribution in [3.8, 4) is 11.3 Å². The molecule has 0 N–H and O–H groups in total. The van der Waals surface area contributed by atoms with Crippen LogP contribution in [0.25, 0.3) is 11.3 Å². The van der Waals surface area contributed by atoms with Crippen molar-refractivity contribution in [1.82, 2.24) is 19.4 Å². The lowest BCUT2D eigenvalue weighted by Gasteiger charge is -2.33. The first-order valence-electron chi connectivity index (χ1n) is 9.55. The third-order valence-corrected chi connectivity index (χ3v) is 5.54. The molecular weight excluding hydrogens is 328 g/mol. The number of hydrogen-bond donors (Lipinski definition) is 0. The van der Waals surface area contributed by atoms with E-state index in [9.17, 15) is 4.79 Å². The number of nitrogens with zero attached hydrogens (tertiary/aromatic N) is 4. The van der Waals surface area contributed by atoms with Crippen molar-refractivity contribution in [3.63, 3.8) is 0 Å². The van der Waals surface area contributed by atoms with E-state index in [0.717, 1.165) is 57.8 Å². The molecule has 4 heterocycles. The molecule has 0 spiro atoms. The molecular formula is C20H26N4O2. The Bertz CT molecular complexity index is 763. The van der Waals surface area contributed by atoms with E-state index in [-0.39, 0.29) is 5.56 Å². The SMILES string of the molecule is O=c1cc(-c2cccnc2)ncn1CC1CCN(CC2CCOC2)CC1. The summed E-state index contributed by atoms with van der Waals surface area (Å²) >= 11 is 0. The van der Waals surface area contributed by atoms with E-state index in [1.165, 1.54) is 6.42 Å². The summed E-state index contributed by atoms with van der Waals surface area (Å²) in [5.41, 5.74) is 1.58. The summed E-state index contributed by atoms with van der Waals surface area (Å²) in [6.45, 7) is 6.01. The van der Waals surface area contributed by atoms with Gasteiger partial charge in [0.1, 0.15) is 0 Å². The van der Waals surface area contributed by atoms with Crippen LogP contribution in [-0.4, -0.2) is 52.3 Å². The third kappa shape index (κ3) is 4.19. The second kappa shape index (κ2) is 8.10. The lowest BCUT2D eigenvalue weighted by Crippen LogP contribution is -2.39. The topological polar surface area (TPSA) is 60.2 Å². The van der Waals surface area contributed by atoms with Crippen LogP contribution in [0.1, 0.15) is 19.3 Å². The van der Waals surface area contributed by atoms with Crippen molar-refractivity contribution in [2.75, 3.05) is 32.8 Å². The van der Waals surface area contributed by atoms with E-state index in [4.69, 9.17) is 4.74 Å². The number of ether oxygens (including phenoxy) is 1. The highest BCUT2D eigenvalue weighted by molar-refractivity contribution is 5.56. The molecule has 0 bridgehead atoms. The fourth-order valence-corrected chi connectivity index (χ4v) is 3.96. The van der Waals surface area contributed by atoms with Crippen LogP contribution >= 0.6 is 0 Å². The summed E-state index contributed by atoms with van der Waals surface area (Å²) in [5.74, 6) is 1.26. The van der Waals surface area contributed by atoms with Gasteiger partial charge in [-0.05, 0) is 56.3 Å². The first-order valence-corrected chi connectivity index (χ1v) is 9.55. The van der Waals surface area contributed by atoms with Crippen LogP contribution in [0.15, 0.2) is 41.7 Å². The molecule has 0 amide bonds. The van der Waals surface area contributed by atoms with Gasteiger partial charge in [0, 0.05) is 43.7 Å². The monoisotopic (exact) mass is 354 g/mol. The van der Waals surface area contributed by atoms with Crippen LogP contribution in [0.3, 0.4) is 0 Å². The molecule has 1 unspecified atom stereocenters. The van der Waals surface area contributed by atoms with Gasteiger partial charge in [0.05, 0.1) is 18.6 Å². The molecule has 6 nitrogen and oxygen atoms in total. The van der Waals surface area contributed by atoms with E-state index >= 15 is 0 Å². The van der Waals surface area contributed by atoms with Gasteiger partial charge in [-0.3, -0.25) is 14.3 Å². The maximum absolute atomic E-state index is 12.5. The Kier molecular flexibility index (Phi) is 5.41. The maximum Gasteiger partial charge on any atom is 0.253 e. The molecule has 0 aliphatic carbocycles. The van der Waals surface area contributed by atoms with Crippen molar-refractivity contribution in [2.45, 2.75) is 25.8 Å². The predicted octanol–water partition coefficient (Wildman–Crippen LogP) is 2.05. The zero-order valence-corrected chi connectivity index (χ0v) is 15.1. The zero-order chi connectivity index (χ0) is 17.8. The fraction of sp³-hybridized carbons (Fsp3) is 0.550. The molecule has 1 atom stereocenters. The van der Waals surface area contributed by atoms with Crippen LogP contribution in [0.5, 0.6) is 0 Å². The molecule has 2 fully saturated rings. The highest BCUT2D eigenvalue weighted by Crippen LogP contribution is 2.22. The fourth-order valence-electron chi connectivity index (χ4n) is 3.96. The Morgan fingerprint density at radius 1 is 1.15 bits per heavy atom. The lowest BCUT2D eigenvalue weighted by atomic mass is 9.95. The van der Waals surface area contributed by atoms with Gasteiger partial charge < -0.3 is 9.64 Å². The van der Waals surface area contributed by atoms with Gasteiger partial charge in [-0.2, -0.15) is 0 Å². The first-order chi connectivity index (χ1) is 12.8. The number of likely N-dealkylation sites (tertiary alicyclic amines) is 1. The summed E-state index contributed by atoms with van der Waals surface area (Å²) in [6, 6.07) is 5.39. The first kappa shape index (κ1) is 17.4. The summed E-state index contributed by atoms with van der Waals surface area (Å²) in [4.78, 5) is 23.6.